The molecule has 0 spiro atoms. The van der Waals surface area contributed by atoms with Crippen molar-refractivity contribution in [2.24, 2.45) is 4.99 Å². The Morgan fingerprint density at radius 2 is 1.97 bits per heavy atom. The third-order valence-electron chi connectivity index (χ3n) is 5.08. The Hall–Kier alpha value is -4.33. The van der Waals surface area contributed by atoms with Crippen molar-refractivity contribution in [3.63, 3.8) is 0 Å². The van der Waals surface area contributed by atoms with Gasteiger partial charge in [0.2, 0.25) is 0 Å². The van der Waals surface area contributed by atoms with Crippen molar-refractivity contribution < 1.29 is 13.9 Å². The van der Waals surface area contributed by atoms with Crippen LogP contribution < -0.4 is 10.1 Å². The minimum atomic E-state index is -0.450. The van der Waals surface area contributed by atoms with Gasteiger partial charge in [-0.3, -0.25) is 14.9 Å². The number of carbonyl (C=O) groups is 1. The fourth-order valence-electron chi connectivity index (χ4n) is 3.45. The maximum Gasteiger partial charge on any atom is 0.276 e. The molecule has 0 aliphatic carbocycles. The normalized spacial score (nSPS) is 13.4. The number of fused-ring (bicyclic) bond motifs is 1. The molecule has 0 unspecified atom stereocenters. The van der Waals surface area contributed by atoms with E-state index in [2.05, 4.69) is 25.5 Å². The number of benzene rings is 2. The summed E-state index contributed by atoms with van der Waals surface area (Å²) >= 11 is 0. The number of para-hydroxylation sites is 1. The molecule has 1 aliphatic rings. The molecular formula is C24H18FN5O2. The van der Waals surface area contributed by atoms with Gasteiger partial charge in [0.15, 0.2) is 23.2 Å². The molecular weight excluding hydrogens is 409 g/mol. The van der Waals surface area contributed by atoms with Gasteiger partial charge >= 0.3 is 0 Å². The predicted octanol–water partition coefficient (Wildman–Crippen LogP) is 4.61. The van der Waals surface area contributed by atoms with Crippen LogP contribution in [0.25, 0.3) is 22.0 Å². The van der Waals surface area contributed by atoms with Gasteiger partial charge in [-0.25, -0.2) is 9.38 Å². The molecule has 3 heterocycles. The number of aromatic nitrogens is 3. The summed E-state index contributed by atoms with van der Waals surface area (Å²) in [5, 5.41) is 10.7. The first-order valence-corrected chi connectivity index (χ1v) is 10.1. The fourth-order valence-corrected chi connectivity index (χ4v) is 3.45. The second-order valence-corrected chi connectivity index (χ2v) is 7.24. The monoisotopic (exact) mass is 427 g/mol. The van der Waals surface area contributed by atoms with Gasteiger partial charge in [0, 0.05) is 41.7 Å². The summed E-state index contributed by atoms with van der Waals surface area (Å²) in [5.41, 5.74) is 3.59. The van der Waals surface area contributed by atoms with Gasteiger partial charge in [-0.2, -0.15) is 5.10 Å². The highest BCUT2D eigenvalue weighted by atomic mass is 19.1. The number of nitrogens with zero attached hydrogens (tertiary/aromatic N) is 3. The van der Waals surface area contributed by atoms with Crippen molar-refractivity contribution in [2.45, 2.75) is 12.8 Å². The first kappa shape index (κ1) is 19.6. The van der Waals surface area contributed by atoms with Crippen molar-refractivity contribution >= 4 is 22.7 Å². The quantitative estimate of drug-likeness (QED) is 0.498. The fraction of sp³-hybridized carbons (Fsp3) is 0.0833. The number of nitrogens with one attached hydrogen (secondary N) is 2. The summed E-state index contributed by atoms with van der Waals surface area (Å²) in [7, 11) is 0. The van der Waals surface area contributed by atoms with Gasteiger partial charge in [0.05, 0.1) is 5.52 Å². The van der Waals surface area contributed by atoms with Crippen molar-refractivity contribution in [1.29, 1.82) is 0 Å². The number of aliphatic imine (C=N–C) groups is 1. The van der Waals surface area contributed by atoms with Crippen LogP contribution in [0.3, 0.4) is 0 Å². The molecule has 1 aliphatic heterocycles. The molecule has 0 atom stereocenters. The Morgan fingerprint density at radius 3 is 2.75 bits per heavy atom. The Labute approximate surface area is 182 Å². The Bertz CT molecular complexity index is 1360. The number of aromatic amines is 1. The minimum Gasteiger partial charge on any atom is -0.440 e. The number of allylic oxidation sites excluding steroid dienone is 1. The Balaban J connectivity index is 1.33. The standard InChI is InChI=1S/C24H18FN5O2/c25-19-5-1-2-6-21(19)32-22-10-8-17(14-27-22)28-24(31)23-18-12-15(7-9-20(18)29-30-23)16-4-3-11-26-13-16/h1-7,9,11-14H,8,10H2,(H,28,31)(H,29,30). The van der Waals surface area contributed by atoms with Gasteiger partial charge in [-0.05, 0) is 42.3 Å². The molecule has 0 fully saturated rings. The average molecular weight is 427 g/mol. The first-order chi connectivity index (χ1) is 15.7. The summed E-state index contributed by atoms with van der Waals surface area (Å²) in [6.45, 7) is 0. The first-order valence-electron chi connectivity index (χ1n) is 10.1. The lowest BCUT2D eigenvalue weighted by Gasteiger charge is -2.15. The molecule has 158 valence electrons. The predicted molar refractivity (Wildman–Crippen MR) is 119 cm³/mol. The van der Waals surface area contributed by atoms with Crippen LogP contribution >= 0.6 is 0 Å². The highest BCUT2D eigenvalue weighted by Gasteiger charge is 2.18. The SMILES string of the molecule is O=C(NC1=CN=C(Oc2ccccc2F)CC1)c1n[nH]c2ccc(-c3cccnc3)cc12. The lowest BCUT2D eigenvalue weighted by Crippen LogP contribution is -2.25. The summed E-state index contributed by atoms with van der Waals surface area (Å²) in [4.78, 5) is 21.2. The Kier molecular flexibility index (Phi) is 5.17. The van der Waals surface area contributed by atoms with E-state index in [9.17, 15) is 9.18 Å². The molecule has 0 radical (unpaired) electrons. The third-order valence-corrected chi connectivity index (χ3v) is 5.08. The summed E-state index contributed by atoms with van der Waals surface area (Å²) in [5.74, 6) is -0.271. The molecule has 1 amide bonds. The van der Waals surface area contributed by atoms with E-state index in [4.69, 9.17) is 4.74 Å². The number of H-pyrrole nitrogens is 1. The van der Waals surface area contributed by atoms with Crippen molar-refractivity contribution in [3.05, 3.63) is 90.4 Å². The highest BCUT2D eigenvalue weighted by Crippen LogP contribution is 2.25. The van der Waals surface area contributed by atoms with Crippen LogP contribution in [-0.2, 0) is 0 Å². The van der Waals surface area contributed by atoms with Gasteiger partial charge in [0.1, 0.15) is 0 Å². The van der Waals surface area contributed by atoms with Crippen molar-refractivity contribution in [1.82, 2.24) is 20.5 Å². The molecule has 5 rings (SSSR count). The van der Waals surface area contributed by atoms with Crippen LogP contribution in [0.15, 0.2) is 83.9 Å². The smallest absolute Gasteiger partial charge is 0.276 e. The van der Waals surface area contributed by atoms with Gasteiger partial charge < -0.3 is 10.1 Å². The minimum absolute atomic E-state index is 0.125. The zero-order chi connectivity index (χ0) is 21.9. The number of hydrogen-bond acceptors (Lipinski definition) is 5. The van der Waals surface area contributed by atoms with E-state index in [1.807, 2.05) is 30.3 Å². The number of ether oxygens (including phenoxy) is 1. The summed E-state index contributed by atoms with van der Waals surface area (Å²) in [6.07, 6.45) is 5.95. The largest absolute Gasteiger partial charge is 0.440 e. The van der Waals surface area contributed by atoms with Crippen LogP contribution in [0.1, 0.15) is 23.3 Å². The third kappa shape index (κ3) is 3.98. The van der Waals surface area contributed by atoms with E-state index < -0.39 is 5.82 Å². The van der Waals surface area contributed by atoms with E-state index in [1.54, 1.807) is 30.6 Å². The molecule has 0 saturated carbocycles. The molecule has 0 saturated heterocycles. The lowest BCUT2D eigenvalue weighted by molar-refractivity contribution is 0.0961. The topological polar surface area (TPSA) is 92.3 Å². The maximum atomic E-state index is 13.7. The number of rotatable bonds is 4. The van der Waals surface area contributed by atoms with E-state index in [-0.39, 0.29) is 11.7 Å². The average Bonchev–Trinajstić information content (AvgIpc) is 3.26. The maximum absolute atomic E-state index is 13.7. The molecule has 7 nitrogen and oxygen atoms in total. The second-order valence-electron chi connectivity index (χ2n) is 7.24. The van der Waals surface area contributed by atoms with E-state index in [0.29, 0.717) is 35.5 Å². The number of halogens is 1. The van der Waals surface area contributed by atoms with E-state index >= 15 is 0 Å². The molecule has 4 aromatic rings. The zero-order valence-corrected chi connectivity index (χ0v) is 16.9. The number of amides is 1. The molecule has 0 bridgehead atoms. The van der Waals surface area contributed by atoms with Crippen molar-refractivity contribution in [2.75, 3.05) is 0 Å². The van der Waals surface area contributed by atoms with E-state index in [0.717, 1.165) is 16.6 Å². The molecule has 8 heteroatoms. The summed E-state index contributed by atoms with van der Waals surface area (Å²) < 4.78 is 19.3. The highest BCUT2D eigenvalue weighted by molar-refractivity contribution is 6.06. The van der Waals surface area contributed by atoms with Crippen molar-refractivity contribution in [3.8, 4) is 16.9 Å². The van der Waals surface area contributed by atoms with Gasteiger partial charge in [-0.1, -0.05) is 24.3 Å². The molecule has 2 aromatic carbocycles. The molecule has 2 aromatic heterocycles. The van der Waals surface area contributed by atoms with Crippen LogP contribution in [0.4, 0.5) is 4.39 Å². The molecule has 2 N–H and O–H groups in total. The number of pyridine rings is 1. The van der Waals surface area contributed by atoms with E-state index in [1.165, 1.54) is 12.3 Å². The zero-order valence-electron chi connectivity index (χ0n) is 16.9. The second kappa shape index (κ2) is 8.43. The van der Waals surface area contributed by atoms with Crippen LogP contribution in [-0.4, -0.2) is 27.0 Å². The molecule has 32 heavy (non-hydrogen) atoms. The van der Waals surface area contributed by atoms with Crippen LogP contribution in [0.5, 0.6) is 5.75 Å². The Morgan fingerprint density at radius 1 is 1.06 bits per heavy atom. The number of carbonyl (C=O) groups excluding carboxylic acids is 1. The van der Waals surface area contributed by atoms with Crippen LogP contribution in [0.2, 0.25) is 0 Å². The van der Waals surface area contributed by atoms with Gasteiger partial charge in [-0.15, -0.1) is 0 Å². The van der Waals surface area contributed by atoms with Crippen LogP contribution in [0, 0.1) is 5.82 Å². The lowest BCUT2D eigenvalue weighted by atomic mass is 10.0. The summed E-state index contributed by atoms with van der Waals surface area (Å²) in [6, 6.07) is 15.7. The van der Waals surface area contributed by atoms with Gasteiger partial charge in [0.25, 0.3) is 5.91 Å². The number of hydrogen-bond donors (Lipinski definition) is 2.